The van der Waals surface area contributed by atoms with Gasteiger partial charge in [0.05, 0.1) is 89.4 Å². The van der Waals surface area contributed by atoms with E-state index >= 15 is 0 Å². The van der Waals surface area contributed by atoms with Crippen molar-refractivity contribution < 1.29 is 27.6 Å². The lowest BCUT2D eigenvalue weighted by molar-refractivity contribution is -0.911. The van der Waals surface area contributed by atoms with E-state index in [9.17, 15) is 0 Å². The van der Waals surface area contributed by atoms with Crippen LogP contribution in [0.25, 0.3) is 34.0 Å². The molecule has 0 saturated carbocycles. The minimum atomic E-state index is 0.671. The molecular formula is C49H56Cl2N6O2+4. The number of pyridine rings is 2. The highest BCUT2D eigenvalue weighted by Gasteiger charge is 2.27. The first-order valence-electron chi connectivity index (χ1n) is 20.7. The summed E-state index contributed by atoms with van der Waals surface area (Å²) in [4.78, 5) is 4.15. The molecule has 2 aliphatic rings. The van der Waals surface area contributed by atoms with Gasteiger partial charge in [-0.25, -0.2) is 0 Å². The summed E-state index contributed by atoms with van der Waals surface area (Å²) in [6.45, 7) is 6.52. The van der Waals surface area contributed by atoms with Crippen LogP contribution in [0, 0.1) is 0 Å². The van der Waals surface area contributed by atoms with Gasteiger partial charge in [0.2, 0.25) is 22.8 Å². The number of fused-ring (bicyclic) bond motifs is 4. The number of nitrogens with zero attached hydrogens (tertiary/aromatic N) is 6. The van der Waals surface area contributed by atoms with Crippen molar-refractivity contribution in [1.29, 1.82) is 0 Å². The van der Waals surface area contributed by atoms with Crippen LogP contribution in [0.4, 0.5) is 11.4 Å². The van der Waals surface area contributed by atoms with Crippen molar-refractivity contribution in [2.75, 3.05) is 78.3 Å². The summed E-state index contributed by atoms with van der Waals surface area (Å²) in [5.41, 5.74) is 6.76. The number of aromatic nitrogens is 2. The summed E-state index contributed by atoms with van der Waals surface area (Å²) in [5.74, 6) is 3.15. The van der Waals surface area contributed by atoms with Crippen LogP contribution in [0.1, 0.15) is 30.4 Å². The summed E-state index contributed by atoms with van der Waals surface area (Å²) in [5, 5.41) is 3.77. The van der Waals surface area contributed by atoms with Crippen molar-refractivity contribution in [3.63, 3.8) is 0 Å². The van der Waals surface area contributed by atoms with Gasteiger partial charge in [0.25, 0.3) is 0 Å². The molecule has 0 saturated heterocycles. The molecule has 0 spiro atoms. The Hall–Kier alpha value is -5.12. The molecule has 0 atom stereocenters. The summed E-state index contributed by atoms with van der Waals surface area (Å²) in [6.07, 6.45) is 12.1. The fourth-order valence-electron chi connectivity index (χ4n) is 8.56. The molecule has 2 aliphatic heterocycles. The molecule has 0 N–H and O–H groups in total. The summed E-state index contributed by atoms with van der Waals surface area (Å²) in [6, 6.07) is 33.3. The van der Waals surface area contributed by atoms with E-state index in [1.54, 1.807) is 0 Å². The lowest BCUT2D eigenvalue weighted by Crippen LogP contribution is -2.47. The minimum Gasteiger partial charge on any atom is -0.439 e. The lowest BCUT2D eigenvalue weighted by atomic mass is 10.1. The highest BCUT2D eigenvalue weighted by atomic mass is 35.5. The SMILES string of the molecule is CN1/C(=C/c2cc[n+](CCC[N+](C)(C)CCC[N+](C)(C)CCC[n+]3ccc(/C=C4\Oc5cc(Cl)ccc5N4C)c4ccccc43)c3ccccc23)Oc2cc(Cl)ccc21. The molecule has 0 unspecified atom stereocenters. The van der Waals surface area contributed by atoms with Crippen molar-refractivity contribution in [1.82, 2.24) is 0 Å². The Balaban J connectivity index is 0.825. The van der Waals surface area contributed by atoms with E-state index in [0.29, 0.717) is 10.0 Å². The number of ether oxygens (including phenoxy) is 2. The van der Waals surface area contributed by atoms with E-state index in [0.717, 1.165) is 107 Å². The maximum absolute atomic E-state index is 6.24. The average Bonchev–Trinajstić information content (AvgIpc) is 3.68. The number of rotatable bonds is 14. The maximum atomic E-state index is 6.24. The highest BCUT2D eigenvalue weighted by molar-refractivity contribution is 6.31. The fraction of sp³-hybridized carbons (Fsp3) is 0.306. The molecule has 0 bridgehead atoms. The molecule has 0 radical (unpaired) electrons. The molecule has 2 aromatic heterocycles. The van der Waals surface area contributed by atoms with Crippen LogP contribution in [-0.4, -0.2) is 77.4 Å². The van der Waals surface area contributed by atoms with Gasteiger partial charge in [-0.1, -0.05) is 47.5 Å². The number of para-hydroxylation sites is 2. The Bertz CT molecular complexity index is 2410. The Morgan fingerprint density at radius 2 is 0.949 bits per heavy atom. The largest absolute Gasteiger partial charge is 0.439 e. The first-order chi connectivity index (χ1) is 28.3. The second-order valence-electron chi connectivity index (χ2n) is 17.3. The molecule has 0 aliphatic carbocycles. The average molecular weight is 832 g/mol. The van der Waals surface area contributed by atoms with Gasteiger partial charge in [-0.05, 0) is 47.5 Å². The van der Waals surface area contributed by atoms with Gasteiger partial charge in [-0.15, -0.1) is 0 Å². The van der Waals surface area contributed by atoms with Crippen LogP contribution < -0.4 is 28.4 Å². The molecule has 8 rings (SSSR count). The quantitative estimate of drug-likeness (QED) is 0.0810. The Kier molecular flexibility index (Phi) is 11.6. The van der Waals surface area contributed by atoms with Crippen LogP contribution >= 0.6 is 23.2 Å². The van der Waals surface area contributed by atoms with E-state index in [4.69, 9.17) is 32.7 Å². The summed E-state index contributed by atoms with van der Waals surface area (Å²) in [7, 11) is 13.6. The molecule has 59 heavy (non-hydrogen) atoms. The van der Waals surface area contributed by atoms with E-state index < -0.39 is 0 Å². The number of hydrogen-bond donors (Lipinski definition) is 0. The third-order valence-corrected chi connectivity index (χ3v) is 12.5. The number of quaternary nitrogens is 2. The van der Waals surface area contributed by atoms with Crippen molar-refractivity contribution in [2.45, 2.75) is 32.4 Å². The number of halogens is 2. The van der Waals surface area contributed by atoms with Gasteiger partial charge in [-0.3, -0.25) is 0 Å². The second-order valence-corrected chi connectivity index (χ2v) is 18.2. The van der Waals surface area contributed by atoms with Crippen LogP contribution in [0.15, 0.2) is 121 Å². The zero-order valence-corrected chi connectivity index (χ0v) is 36.7. The van der Waals surface area contributed by atoms with E-state index in [1.165, 1.54) is 28.2 Å². The van der Waals surface area contributed by atoms with Gasteiger partial charge < -0.3 is 28.2 Å². The van der Waals surface area contributed by atoms with Crippen LogP contribution in [0.5, 0.6) is 11.5 Å². The highest BCUT2D eigenvalue weighted by Crippen LogP contribution is 2.41. The predicted octanol–water partition coefficient (Wildman–Crippen LogP) is 9.55. The summed E-state index contributed by atoms with van der Waals surface area (Å²) >= 11 is 12.5. The Morgan fingerprint density at radius 1 is 0.542 bits per heavy atom. The normalized spacial score (nSPS) is 15.3. The molecule has 304 valence electrons. The lowest BCUT2D eigenvalue weighted by Gasteiger charge is -2.33. The van der Waals surface area contributed by atoms with Crippen LogP contribution in [0.2, 0.25) is 10.0 Å². The maximum Gasteiger partial charge on any atom is 0.213 e. The zero-order valence-electron chi connectivity index (χ0n) is 35.2. The Labute approximate surface area is 359 Å². The van der Waals surface area contributed by atoms with Crippen molar-refractivity contribution in [2.24, 2.45) is 0 Å². The first-order valence-corrected chi connectivity index (χ1v) is 21.4. The van der Waals surface area contributed by atoms with Crippen LogP contribution in [0.3, 0.4) is 0 Å². The van der Waals surface area contributed by atoms with Crippen molar-refractivity contribution in [3.8, 4) is 11.5 Å². The smallest absolute Gasteiger partial charge is 0.213 e. The molecular weight excluding hydrogens is 775 g/mol. The van der Waals surface area contributed by atoms with Crippen molar-refractivity contribution in [3.05, 3.63) is 142 Å². The molecule has 0 amide bonds. The molecule has 4 heterocycles. The van der Waals surface area contributed by atoms with Gasteiger partial charge >= 0.3 is 0 Å². The molecule has 0 fully saturated rings. The molecule has 4 aromatic carbocycles. The number of hydrogen-bond acceptors (Lipinski definition) is 4. The van der Waals surface area contributed by atoms with E-state index in [1.807, 2.05) is 50.5 Å². The second kappa shape index (κ2) is 16.9. The van der Waals surface area contributed by atoms with Gasteiger partial charge in [0.15, 0.2) is 37.0 Å². The van der Waals surface area contributed by atoms with E-state index in [2.05, 4.69) is 132 Å². The van der Waals surface area contributed by atoms with Gasteiger partial charge in [-0.2, -0.15) is 9.13 Å². The number of anilines is 2. The van der Waals surface area contributed by atoms with Gasteiger partial charge in [0.1, 0.15) is 0 Å². The third kappa shape index (κ3) is 9.07. The zero-order chi connectivity index (χ0) is 41.3. The van der Waals surface area contributed by atoms with E-state index in [-0.39, 0.29) is 0 Å². The topological polar surface area (TPSA) is 32.7 Å². The third-order valence-electron chi connectivity index (χ3n) is 12.0. The first kappa shape index (κ1) is 40.7. The Morgan fingerprint density at radius 3 is 1.39 bits per heavy atom. The van der Waals surface area contributed by atoms with Crippen LogP contribution in [-0.2, 0) is 13.1 Å². The standard InChI is InChI=1S/C49H56Cl2N6O2/c1-52-44-20-18-38(50)34-46(44)58-48(52)32-36-22-26-54(42-16-9-7-14-40(36)42)24-11-28-56(3,4)30-13-31-57(5,6)29-12-25-55-27-23-37(41-15-8-10-17-43(41)55)33-49-53(2)45-21-19-39(51)35-47(45)59-49/h7-10,14-23,26-27,32-35H,11-13,24-25,28-31H2,1-6H3/q+4. The van der Waals surface area contributed by atoms with Gasteiger partial charge in [0, 0.05) is 79.1 Å². The van der Waals surface area contributed by atoms with Crippen molar-refractivity contribution >= 4 is 68.5 Å². The molecule has 10 heteroatoms. The molecule has 6 aromatic rings. The monoisotopic (exact) mass is 830 g/mol. The molecule has 8 nitrogen and oxygen atoms in total. The summed E-state index contributed by atoms with van der Waals surface area (Å²) < 4.78 is 19.2. The fourth-order valence-corrected chi connectivity index (χ4v) is 8.88. The number of aryl methyl sites for hydroxylation is 2. The number of benzene rings is 4. The minimum absolute atomic E-state index is 0.671. The predicted molar refractivity (Wildman–Crippen MR) is 243 cm³/mol.